The lowest BCUT2D eigenvalue weighted by Gasteiger charge is -2.15. The van der Waals surface area contributed by atoms with Crippen LogP contribution in [-0.2, 0) is 13.1 Å². The zero-order valence-electron chi connectivity index (χ0n) is 10.5. The molecule has 1 aliphatic rings. The summed E-state index contributed by atoms with van der Waals surface area (Å²) in [7, 11) is 4.14. The SMILES string of the molecule is CNCc1cc(CN(C)CC2CC2)c(C)o1. The van der Waals surface area contributed by atoms with Gasteiger partial charge in [0.1, 0.15) is 11.5 Å². The van der Waals surface area contributed by atoms with E-state index >= 15 is 0 Å². The zero-order chi connectivity index (χ0) is 11.5. The molecule has 90 valence electrons. The van der Waals surface area contributed by atoms with Crippen LogP contribution in [0.1, 0.15) is 29.9 Å². The van der Waals surface area contributed by atoms with Gasteiger partial charge in [0, 0.05) is 18.7 Å². The molecule has 1 aliphatic carbocycles. The van der Waals surface area contributed by atoms with Gasteiger partial charge in [0.05, 0.1) is 6.54 Å². The Balaban J connectivity index is 1.91. The van der Waals surface area contributed by atoms with Crippen molar-refractivity contribution < 1.29 is 4.42 Å². The minimum atomic E-state index is 0.813. The van der Waals surface area contributed by atoms with E-state index < -0.39 is 0 Å². The number of nitrogens with zero attached hydrogens (tertiary/aromatic N) is 1. The highest BCUT2D eigenvalue weighted by atomic mass is 16.3. The third kappa shape index (κ3) is 3.09. The van der Waals surface area contributed by atoms with E-state index in [0.29, 0.717) is 0 Å². The fourth-order valence-corrected chi connectivity index (χ4v) is 2.10. The third-order valence-electron chi connectivity index (χ3n) is 3.13. The van der Waals surface area contributed by atoms with Crippen LogP contribution in [0, 0.1) is 12.8 Å². The predicted octanol–water partition coefficient (Wildman–Crippen LogP) is 2.15. The van der Waals surface area contributed by atoms with Crippen LogP contribution >= 0.6 is 0 Å². The summed E-state index contributed by atoms with van der Waals surface area (Å²) < 4.78 is 5.69. The first-order chi connectivity index (χ1) is 7.69. The highest BCUT2D eigenvalue weighted by molar-refractivity contribution is 5.20. The summed E-state index contributed by atoms with van der Waals surface area (Å²) in [5.41, 5.74) is 1.33. The molecule has 1 fully saturated rings. The van der Waals surface area contributed by atoms with E-state index in [1.54, 1.807) is 0 Å². The van der Waals surface area contributed by atoms with E-state index in [1.165, 1.54) is 24.9 Å². The summed E-state index contributed by atoms with van der Waals surface area (Å²) in [6.07, 6.45) is 2.83. The average Bonchev–Trinajstić information content (AvgIpc) is 2.94. The monoisotopic (exact) mass is 222 g/mol. The predicted molar refractivity (Wildman–Crippen MR) is 65.3 cm³/mol. The highest BCUT2D eigenvalue weighted by Gasteiger charge is 2.23. The van der Waals surface area contributed by atoms with Crippen molar-refractivity contribution >= 4 is 0 Å². The quantitative estimate of drug-likeness (QED) is 0.799. The molecule has 1 aromatic heterocycles. The van der Waals surface area contributed by atoms with Gasteiger partial charge in [-0.15, -0.1) is 0 Å². The van der Waals surface area contributed by atoms with Crippen LogP contribution < -0.4 is 5.32 Å². The fraction of sp³-hybridized carbons (Fsp3) is 0.692. The van der Waals surface area contributed by atoms with Crippen molar-refractivity contribution in [1.29, 1.82) is 0 Å². The average molecular weight is 222 g/mol. The minimum Gasteiger partial charge on any atom is -0.465 e. The van der Waals surface area contributed by atoms with Gasteiger partial charge in [0.25, 0.3) is 0 Å². The first-order valence-corrected chi connectivity index (χ1v) is 6.10. The number of furan rings is 1. The number of hydrogen-bond donors (Lipinski definition) is 1. The Hall–Kier alpha value is -0.800. The van der Waals surface area contributed by atoms with Crippen LogP contribution in [0.5, 0.6) is 0 Å². The maximum Gasteiger partial charge on any atom is 0.118 e. The number of hydrogen-bond acceptors (Lipinski definition) is 3. The maximum atomic E-state index is 5.69. The van der Waals surface area contributed by atoms with Gasteiger partial charge in [0.15, 0.2) is 0 Å². The van der Waals surface area contributed by atoms with E-state index in [9.17, 15) is 0 Å². The Morgan fingerprint density at radius 3 is 2.88 bits per heavy atom. The molecule has 16 heavy (non-hydrogen) atoms. The van der Waals surface area contributed by atoms with Crippen LogP contribution in [0.4, 0.5) is 0 Å². The Morgan fingerprint density at radius 1 is 1.50 bits per heavy atom. The molecule has 0 atom stereocenters. The lowest BCUT2D eigenvalue weighted by atomic mass is 10.2. The molecule has 3 nitrogen and oxygen atoms in total. The molecule has 0 spiro atoms. The van der Waals surface area contributed by atoms with Crippen molar-refractivity contribution in [1.82, 2.24) is 10.2 Å². The molecule has 0 unspecified atom stereocenters. The summed E-state index contributed by atoms with van der Waals surface area (Å²) in [6.45, 7) is 5.11. The Bertz CT molecular complexity index is 342. The van der Waals surface area contributed by atoms with E-state index in [2.05, 4.69) is 30.3 Å². The molecule has 0 bridgehead atoms. The molecular weight excluding hydrogens is 200 g/mol. The van der Waals surface area contributed by atoms with Gasteiger partial charge in [-0.3, -0.25) is 0 Å². The van der Waals surface area contributed by atoms with Crippen LogP contribution in [0.2, 0.25) is 0 Å². The van der Waals surface area contributed by atoms with E-state index in [1.807, 2.05) is 7.05 Å². The largest absolute Gasteiger partial charge is 0.465 e. The van der Waals surface area contributed by atoms with Crippen molar-refractivity contribution in [3.8, 4) is 0 Å². The van der Waals surface area contributed by atoms with E-state index in [0.717, 1.165) is 30.5 Å². The molecule has 0 aliphatic heterocycles. The minimum absolute atomic E-state index is 0.813. The topological polar surface area (TPSA) is 28.4 Å². The lowest BCUT2D eigenvalue weighted by Crippen LogP contribution is -2.20. The molecule has 0 radical (unpaired) electrons. The van der Waals surface area contributed by atoms with Gasteiger partial charge < -0.3 is 14.6 Å². The van der Waals surface area contributed by atoms with Gasteiger partial charge in [-0.25, -0.2) is 0 Å². The molecule has 2 rings (SSSR count). The summed E-state index contributed by atoms with van der Waals surface area (Å²) in [5.74, 6) is 3.05. The second kappa shape index (κ2) is 5.02. The van der Waals surface area contributed by atoms with E-state index in [4.69, 9.17) is 4.42 Å². The maximum absolute atomic E-state index is 5.69. The first kappa shape index (κ1) is 11.7. The van der Waals surface area contributed by atoms with Gasteiger partial charge in [-0.05, 0) is 45.8 Å². The Labute approximate surface area is 97.8 Å². The lowest BCUT2D eigenvalue weighted by molar-refractivity contribution is 0.310. The first-order valence-electron chi connectivity index (χ1n) is 6.10. The molecule has 1 saturated carbocycles. The fourth-order valence-electron chi connectivity index (χ4n) is 2.10. The van der Waals surface area contributed by atoms with Crippen molar-refractivity contribution in [2.45, 2.75) is 32.9 Å². The third-order valence-corrected chi connectivity index (χ3v) is 3.13. The van der Waals surface area contributed by atoms with E-state index in [-0.39, 0.29) is 0 Å². The molecule has 1 aromatic rings. The van der Waals surface area contributed by atoms with Crippen LogP contribution in [-0.4, -0.2) is 25.5 Å². The summed E-state index contributed by atoms with van der Waals surface area (Å²) in [6, 6.07) is 2.18. The second-order valence-electron chi connectivity index (χ2n) is 4.96. The summed E-state index contributed by atoms with van der Waals surface area (Å²) >= 11 is 0. The van der Waals surface area contributed by atoms with Crippen molar-refractivity contribution in [3.63, 3.8) is 0 Å². The molecule has 1 heterocycles. The second-order valence-corrected chi connectivity index (χ2v) is 4.96. The van der Waals surface area contributed by atoms with Crippen molar-refractivity contribution in [2.75, 3.05) is 20.6 Å². The highest BCUT2D eigenvalue weighted by Crippen LogP contribution is 2.30. The molecule has 0 aromatic carbocycles. The standard InChI is InChI=1S/C13H22N2O/c1-10-12(6-13(16-10)7-14-2)9-15(3)8-11-4-5-11/h6,11,14H,4-5,7-9H2,1-3H3. The normalized spacial score (nSPS) is 16.0. The Morgan fingerprint density at radius 2 is 2.25 bits per heavy atom. The smallest absolute Gasteiger partial charge is 0.118 e. The van der Waals surface area contributed by atoms with Crippen LogP contribution in [0.15, 0.2) is 10.5 Å². The molecule has 0 saturated heterocycles. The number of rotatable bonds is 6. The summed E-state index contributed by atoms with van der Waals surface area (Å²) in [4.78, 5) is 2.40. The van der Waals surface area contributed by atoms with Crippen molar-refractivity contribution in [2.24, 2.45) is 5.92 Å². The molecule has 0 amide bonds. The van der Waals surface area contributed by atoms with Gasteiger partial charge in [-0.2, -0.15) is 0 Å². The molecule has 1 N–H and O–H groups in total. The molecular formula is C13H22N2O. The van der Waals surface area contributed by atoms with Gasteiger partial charge in [0.2, 0.25) is 0 Å². The van der Waals surface area contributed by atoms with Gasteiger partial charge in [-0.1, -0.05) is 0 Å². The number of aryl methyl sites for hydroxylation is 1. The van der Waals surface area contributed by atoms with Crippen molar-refractivity contribution in [3.05, 3.63) is 23.2 Å². The molecule has 3 heteroatoms. The van der Waals surface area contributed by atoms with Crippen LogP contribution in [0.25, 0.3) is 0 Å². The van der Waals surface area contributed by atoms with Gasteiger partial charge >= 0.3 is 0 Å². The summed E-state index contributed by atoms with van der Waals surface area (Å²) in [5, 5.41) is 3.11. The van der Waals surface area contributed by atoms with Crippen LogP contribution in [0.3, 0.4) is 0 Å². The Kier molecular flexibility index (Phi) is 3.66. The number of nitrogens with one attached hydrogen (secondary N) is 1. The zero-order valence-corrected chi connectivity index (χ0v) is 10.5.